The number of hydrogen-bond acceptors (Lipinski definition) is 5. The molecule has 0 bridgehead atoms. The molecule has 0 atom stereocenters. The molecule has 3 rings (SSSR count). The smallest absolute Gasteiger partial charge is 0.174 e. The van der Waals surface area contributed by atoms with Crippen LogP contribution in [0.15, 0.2) is 34.9 Å². The topological polar surface area (TPSA) is 60.2 Å². The lowest BCUT2D eigenvalue weighted by Crippen LogP contribution is -1.96. The second-order valence-electron chi connectivity index (χ2n) is 4.87. The van der Waals surface area contributed by atoms with Gasteiger partial charge in [0, 0.05) is 17.1 Å². The van der Waals surface area contributed by atoms with E-state index < -0.39 is 0 Å². The third kappa shape index (κ3) is 2.81. The fraction of sp³-hybridized carbons (Fsp3) is 0.250. The number of anilines is 2. The lowest BCUT2D eigenvalue weighted by atomic mass is 10.1. The van der Waals surface area contributed by atoms with Gasteiger partial charge < -0.3 is 14.6 Å². The van der Waals surface area contributed by atoms with E-state index in [1.807, 2.05) is 51.1 Å². The van der Waals surface area contributed by atoms with Crippen molar-refractivity contribution in [3.05, 3.63) is 41.8 Å². The Labute approximate surface area is 122 Å². The number of ether oxygens (including phenoxy) is 1. The minimum Gasteiger partial charge on any atom is -0.494 e. The zero-order valence-corrected chi connectivity index (χ0v) is 12.3. The van der Waals surface area contributed by atoms with Crippen molar-refractivity contribution in [3.8, 4) is 5.75 Å². The number of nitrogens with zero attached hydrogens (tertiary/aromatic N) is 2. The number of pyridine rings is 1. The standard InChI is InChI=1S/C16H17N3O2/c1-4-20-12-5-6-14-13(9-12)15(7-10(2)17-14)18-16-8-11(3)21-19-16/h5-9H,4H2,1-3H3,(H,17,18,19). The first-order valence-electron chi connectivity index (χ1n) is 6.90. The first kappa shape index (κ1) is 13.4. The number of aryl methyl sites for hydroxylation is 2. The highest BCUT2D eigenvalue weighted by molar-refractivity contribution is 5.93. The van der Waals surface area contributed by atoms with Crippen LogP contribution in [0.3, 0.4) is 0 Å². The van der Waals surface area contributed by atoms with Crippen LogP contribution >= 0.6 is 0 Å². The number of nitrogens with one attached hydrogen (secondary N) is 1. The van der Waals surface area contributed by atoms with Gasteiger partial charge in [-0.2, -0.15) is 0 Å². The number of rotatable bonds is 4. The van der Waals surface area contributed by atoms with Crippen LogP contribution in [-0.4, -0.2) is 16.7 Å². The summed E-state index contributed by atoms with van der Waals surface area (Å²) in [5.41, 5.74) is 2.79. The van der Waals surface area contributed by atoms with Crippen LogP contribution in [0.4, 0.5) is 11.5 Å². The van der Waals surface area contributed by atoms with Gasteiger partial charge in [-0.1, -0.05) is 5.16 Å². The number of benzene rings is 1. The molecule has 2 heterocycles. The van der Waals surface area contributed by atoms with Gasteiger partial charge in [0.1, 0.15) is 11.5 Å². The van der Waals surface area contributed by atoms with E-state index in [1.165, 1.54) is 0 Å². The Bertz CT molecular complexity index is 780. The maximum atomic E-state index is 5.56. The summed E-state index contributed by atoms with van der Waals surface area (Å²) in [6.07, 6.45) is 0. The summed E-state index contributed by atoms with van der Waals surface area (Å²) in [4.78, 5) is 4.54. The summed E-state index contributed by atoms with van der Waals surface area (Å²) < 4.78 is 10.7. The highest BCUT2D eigenvalue weighted by Crippen LogP contribution is 2.29. The number of aromatic nitrogens is 2. The summed E-state index contributed by atoms with van der Waals surface area (Å²) in [6, 6.07) is 9.73. The van der Waals surface area contributed by atoms with Crippen molar-refractivity contribution in [1.29, 1.82) is 0 Å². The highest BCUT2D eigenvalue weighted by atomic mass is 16.5. The molecule has 0 aliphatic carbocycles. The van der Waals surface area contributed by atoms with Crippen LogP contribution in [0.25, 0.3) is 10.9 Å². The second kappa shape index (κ2) is 5.44. The Kier molecular flexibility index (Phi) is 3.48. The second-order valence-corrected chi connectivity index (χ2v) is 4.87. The molecule has 0 radical (unpaired) electrons. The van der Waals surface area contributed by atoms with Crippen molar-refractivity contribution < 1.29 is 9.26 Å². The van der Waals surface area contributed by atoms with Gasteiger partial charge >= 0.3 is 0 Å². The lowest BCUT2D eigenvalue weighted by molar-refractivity contribution is 0.340. The van der Waals surface area contributed by atoms with E-state index in [9.17, 15) is 0 Å². The van der Waals surface area contributed by atoms with Gasteiger partial charge in [-0.3, -0.25) is 4.98 Å². The van der Waals surface area contributed by atoms with E-state index in [1.54, 1.807) is 0 Å². The first-order chi connectivity index (χ1) is 10.2. The summed E-state index contributed by atoms with van der Waals surface area (Å²) in [5.74, 6) is 2.28. The minimum absolute atomic E-state index is 0.635. The summed E-state index contributed by atoms with van der Waals surface area (Å²) in [7, 11) is 0. The molecule has 0 fully saturated rings. The summed E-state index contributed by atoms with van der Waals surface area (Å²) >= 11 is 0. The number of fused-ring (bicyclic) bond motifs is 1. The molecular weight excluding hydrogens is 266 g/mol. The SMILES string of the molecule is CCOc1ccc2nc(C)cc(Nc3cc(C)on3)c2c1. The van der Waals surface area contributed by atoms with Crippen molar-refractivity contribution in [3.63, 3.8) is 0 Å². The normalized spacial score (nSPS) is 10.8. The predicted molar refractivity (Wildman–Crippen MR) is 82.2 cm³/mol. The Hall–Kier alpha value is -2.56. The molecule has 0 aliphatic heterocycles. The summed E-state index contributed by atoms with van der Waals surface area (Å²) in [6.45, 7) is 6.43. The molecular formula is C16H17N3O2. The highest BCUT2D eigenvalue weighted by Gasteiger charge is 2.08. The van der Waals surface area contributed by atoms with Crippen molar-refractivity contribution in [2.45, 2.75) is 20.8 Å². The first-order valence-corrected chi connectivity index (χ1v) is 6.90. The molecule has 0 unspecified atom stereocenters. The van der Waals surface area contributed by atoms with Crippen LogP contribution in [0.1, 0.15) is 18.4 Å². The Morgan fingerprint density at radius 3 is 2.76 bits per heavy atom. The minimum atomic E-state index is 0.635. The van der Waals surface area contributed by atoms with E-state index in [-0.39, 0.29) is 0 Å². The monoisotopic (exact) mass is 283 g/mol. The molecule has 1 N–H and O–H groups in total. The van der Waals surface area contributed by atoms with Gasteiger partial charge in [0.05, 0.1) is 17.8 Å². The largest absolute Gasteiger partial charge is 0.494 e. The average molecular weight is 283 g/mol. The van der Waals surface area contributed by atoms with Crippen LogP contribution in [0.2, 0.25) is 0 Å². The molecule has 5 nitrogen and oxygen atoms in total. The molecule has 5 heteroatoms. The van der Waals surface area contributed by atoms with Gasteiger partial charge in [0.15, 0.2) is 5.82 Å². The average Bonchev–Trinajstić information content (AvgIpc) is 2.85. The molecule has 3 aromatic rings. The molecule has 1 aromatic carbocycles. The molecule has 0 amide bonds. The van der Waals surface area contributed by atoms with Crippen LogP contribution in [0.5, 0.6) is 5.75 Å². The van der Waals surface area contributed by atoms with E-state index in [0.29, 0.717) is 12.4 Å². The van der Waals surface area contributed by atoms with Gasteiger partial charge in [-0.05, 0) is 45.0 Å². The molecule has 21 heavy (non-hydrogen) atoms. The van der Waals surface area contributed by atoms with Crippen LogP contribution in [0, 0.1) is 13.8 Å². The fourth-order valence-electron chi connectivity index (χ4n) is 2.26. The van der Waals surface area contributed by atoms with E-state index >= 15 is 0 Å². The molecule has 0 saturated carbocycles. The third-order valence-corrected chi connectivity index (χ3v) is 3.11. The van der Waals surface area contributed by atoms with Gasteiger partial charge in [-0.15, -0.1) is 0 Å². The molecule has 108 valence electrons. The molecule has 0 saturated heterocycles. The van der Waals surface area contributed by atoms with E-state index in [2.05, 4.69) is 15.5 Å². The Balaban J connectivity index is 2.08. The van der Waals surface area contributed by atoms with Crippen LogP contribution in [-0.2, 0) is 0 Å². The zero-order valence-electron chi connectivity index (χ0n) is 12.3. The molecule has 0 aliphatic rings. The molecule has 2 aromatic heterocycles. The predicted octanol–water partition coefficient (Wildman–Crippen LogP) is 3.98. The van der Waals surface area contributed by atoms with Crippen LogP contribution < -0.4 is 10.1 Å². The maximum absolute atomic E-state index is 5.56. The Morgan fingerprint density at radius 2 is 2.05 bits per heavy atom. The quantitative estimate of drug-likeness (QED) is 0.784. The van der Waals surface area contributed by atoms with Gasteiger partial charge in [0.2, 0.25) is 0 Å². The van der Waals surface area contributed by atoms with E-state index in [4.69, 9.17) is 9.26 Å². The fourth-order valence-corrected chi connectivity index (χ4v) is 2.26. The van der Waals surface area contributed by atoms with Gasteiger partial charge in [0.25, 0.3) is 0 Å². The van der Waals surface area contributed by atoms with Crippen molar-refractivity contribution in [2.75, 3.05) is 11.9 Å². The lowest BCUT2D eigenvalue weighted by Gasteiger charge is -2.10. The maximum Gasteiger partial charge on any atom is 0.174 e. The van der Waals surface area contributed by atoms with Gasteiger partial charge in [-0.25, -0.2) is 0 Å². The van der Waals surface area contributed by atoms with Crippen molar-refractivity contribution in [2.24, 2.45) is 0 Å². The van der Waals surface area contributed by atoms with Crippen molar-refractivity contribution >= 4 is 22.4 Å². The molecule has 0 spiro atoms. The Morgan fingerprint density at radius 1 is 1.19 bits per heavy atom. The zero-order chi connectivity index (χ0) is 14.8. The number of hydrogen-bond donors (Lipinski definition) is 1. The van der Waals surface area contributed by atoms with Crippen molar-refractivity contribution in [1.82, 2.24) is 10.1 Å². The summed E-state index contributed by atoms with van der Waals surface area (Å²) in [5, 5.41) is 8.24. The third-order valence-electron chi connectivity index (χ3n) is 3.11. The van der Waals surface area contributed by atoms with E-state index in [0.717, 1.165) is 33.8 Å².